The minimum Gasteiger partial charge on any atom is -0.338 e. The maximum Gasteiger partial charge on any atom is 0.432 e. The van der Waals surface area contributed by atoms with Gasteiger partial charge in [0.15, 0.2) is 0 Å². The molecule has 8 heteroatoms. The molecule has 1 saturated heterocycles. The van der Waals surface area contributed by atoms with Gasteiger partial charge in [-0.25, -0.2) is 4.98 Å². The molecule has 1 aliphatic rings. The minimum absolute atomic E-state index is 0.000681. The summed E-state index contributed by atoms with van der Waals surface area (Å²) in [5.74, 6) is 0.432. The fraction of sp³-hybridized carbons (Fsp3) is 0.412. The van der Waals surface area contributed by atoms with Crippen LogP contribution in [-0.2, 0) is 12.7 Å². The topological polar surface area (TPSA) is 60.6 Å². The van der Waals surface area contributed by atoms with Crippen LogP contribution in [0, 0.1) is 0 Å². The lowest BCUT2D eigenvalue weighted by molar-refractivity contribution is -0.141. The first-order valence-electron chi connectivity index (χ1n) is 8.25. The number of nitrogens with zero attached hydrogens (tertiary/aromatic N) is 3. The molecule has 0 amide bonds. The van der Waals surface area contributed by atoms with E-state index in [4.69, 9.17) is 0 Å². The van der Waals surface area contributed by atoms with E-state index >= 15 is 0 Å². The average molecular weight is 349 g/mol. The van der Waals surface area contributed by atoms with Crippen molar-refractivity contribution in [2.45, 2.75) is 31.5 Å². The summed E-state index contributed by atoms with van der Waals surface area (Å²) in [6, 6.07) is 6.16. The molecule has 0 radical (unpaired) electrons. The van der Waals surface area contributed by atoms with E-state index in [0.717, 1.165) is 48.6 Å². The van der Waals surface area contributed by atoms with E-state index in [9.17, 15) is 13.2 Å². The summed E-state index contributed by atoms with van der Waals surface area (Å²) in [4.78, 5) is 8.68. The first-order valence-corrected chi connectivity index (χ1v) is 8.25. The smallest absolute Gasteiger partial charge is 0.338 e. The third kappa shape index (κ3) is 3.39. The molecule has 0 spiro atoms. The fourth-order valence-corrected chi connectivity index (χ4v) is 3.45. The lowest BCUT2D eigenvalue weighted by atomic mass is 9.97. The summed E-state index contributed by atoms with van der Waals surface area (Å²) in [6.45, 7) is 2.40. The van der Waals surface area contributed by atoms with Gasteiger partial charge in [-0.1, -0.05) is 12.1 Å². The predicted octanol–water partition coefficient (Wildman–Crippen LogP) is 3.68. The van der Waals surface area contributed by atoms with Crippen molar-refractivity contribution in [2.75, 3.05) is 13.1 Å². The monoisotopic (exact) mass is 349 g/mol. The largest absolute Gasteiger partial charge is 0.432 e. The Morgan fingerprint density at radius 1 is 1.24 bits per heavy atom. The highest BCUT2D eigenvalue weighted by molar-refractivity contribution is 5.78. The molecule has 2 N–H and O–H groups in total. The molecule has 2 aromatic heterocycles. The van der Waals surface area contributed by atoms with Gasteiger partial charge >= 0.3 is 6.18 Å². The van der Waals surface area contributed by atoms with Crippen molar-refractivity contribution in [2.24, 2.45) is 0 Å². The third-order valence-electron chi connectivity index (χ3n) is 4.71. The minimum atomic E-state index is -4.38. The Labute approximate surface area is 142 Å². The maximum absolute atomic E-state index is 12.7. The maximum atomic E-state index is 12.7. The molecule has 25 heavy (non-hydrogen) atoms. The van der Waals surface area contributed by atoms with Gasteiger partial charge in [-0.15, -0.1) is 0 Å². The molecule has 1 aromatic carbocycles. The molecule has 4 rings (SSSR count). The highest BCUT2D eigenvalue weighted by Gasteiger charge is 2.34. The van der Waals surface area contributed by atoms with Crippen LogP contribution in [0.4, 0.5) is 13.2 Å². The number of alkyl halides is 3. The molecular weight excluding hydrogens is 331 g/mol. The molecule has 132 valence electrons. The molecular formula is C17H18F3N5. The third-order valence-corrected chi connectivity index (χ3v) is 4.71. The lowest BCUT2D eigenvalue weighted by Gasteiger charge is -2.31. The normalized spacial score (nSPS) is 19.6. The van der Waals surface area contributed by atoms with E-state index < -0.39 is 11.9 Å². The standard InChI is InChI=1S/C17H18F3N5/c18-17(19,20)15-8-21-16(23-15)13-2-1-5-25(10-13)9-11-3-4-12-7-22-24-14(12)6-11/h3-4,6-8,13H,1-2,5,9-10H2,(H,21,23)(H,22,24). The number of hydrogen-bond acceptors (Lipinski definition) is 3. The number of fused-ring (bicyclic) bond motifs is 1. The number of benzene rings is 1. The molecule has 1 aliphatic heterocycles. The summed E-state index contributed by atoms with van der Waals surface area (Å²) >= 11 is 0. The SMILES string of the molecule is FC(F)(F)c1cnc(C2CCCN(Cc3ccc4cn[nH]c4c3)C2)[nH]1. The van der Waals surface area contributed by atoms with Crippen LogP contribution >= 0.6 is 0 Å². The van der Waals surface area contributed by atoms with Crippen molar-refractivity contribution in [3.8, 4) is 0 Å². The van der Waals surface area contributed by atoms with Gasteiger partial charge in [-0.3, -0.25) is 10.00 Å². The van der Waals surface area contributed by atoms with Crippen molar-refractivity contribution in [3.63, 3.8) is 0 Å². The molecule has 1 fully saturated rings. The molecule has 5 nitrogen and oxygen atoms in total. The van der Waals surface area contributed by atoms with Crippen molar-refractivity contribution < 1.29 is 13.2 Å². The van der Waals surface area contributed by atoms with Crippen LogP contribution in [0.1, 0.15) is 35.8 Å². The number of rotatable bonds is 3. The number of imidazole rings is 1. The van der Waals surface area contributed by atoms with Crippen molar-refractivity contribution in [1.29, 1.82) is 0 Å². The van der Waals surface area contributed by atoms with Gasteiger partial charge in [0, 0.05) is 24.4 Å². The number of piperidine rings is 1. The number of H-pyrrole nitrogens is 2. The molecule has 1 unspecified atom stereocenters. The summed E-state index contributed by atoms with van der Waals surface area (Å²) < 4.78 is 38.2. The van der Waals surface area contributed by atoms with Crippen LogP contribution in [0.25, 0.3) is 10.9 Å². The zero-order valence-electron chi connectivity index (χ0n) is 13.5. The van der Waals surface area contributed by atoms with Crippen molar-refractivity contribution >= 4 is 10.9 Å². The quantitative estimate of drug-likeness (QED) is 0.758. The fourth-order valence-electron chi connectivity index (χ4n) is 3.45. The zero-order chi connectivity index (χ0) is 17.4. The van der Waals surface area contributed by atoms with Crippen LogP contribution in [-0.4, -0.2) is 38.2 Å². The summed E-state index contributed by atoms with van der Waals surface area (Å²) in [5.41, 5.74) is 1.38. The Bertz CT molecular complexity index is 866. The van der Waals surface area contributed by atoms with Gasteiger partial charge in [0.25, 0.3) is 0 Å². The molecule has 0 saturated carbocycles. The number of halogens is 3. The Hall–Kier alpha value is -2.35. The molecule has 1 atom stereocenters. The van der Waals surface area contributed by atoms with Crippen LogP contribution in [0.5, 0.6) is 0 Å². The van der Waals surface area contributed by atoms with E-state index in [1.165, 1.54) is 0 Å². The molecule has 3 aromatic rings. The highest BCUT2D eigenvalue weighted by Crippen LogP contribution is 2.31. The van der Waals surface area contributed by atoms with E-state index in [0.29, 0.717) is 12.4 Å². The summed E-state index contributed by atoms with van der Waals surface area (Å²) in [6.07, 6.45) is 0.0879. The number of likely N-dealkylation sites (tertiary alicyclic amines) is 1. The number of nitrogens with one attached hydrogen (secondary N) is 2. The van der Waals surface area contributed by atoms with E-state index in [1.54, 1.807) is 6.20 Å². The Morgan fingerprint density at radius 3 is 2.92 bits per heavy atom. The second kappa shape index (κ2) is 6.18. The zero-order valence-corrected chi connectivity index (χ0v) is 13.5. The highest BCUT2D eigenvalue weighted by atomic mass is 19.4. The first-order chi connectivity index (χ1) is 12.0. The average Bonchev–Trinajstić information content (AvgIpc) is 3.24. The van der Waals surface area contributed by atoms with Crippen molar-refractivity contribution in [3.05, 3.63) is 47.7 Å². The summed E-state index contributed by atoms with van der Waals surface area (Å²) in [5, 5.41) is 8.04. The second-order valence-corrected chi connectivity index (χ2v) is 6.55. The molecule has 0 bridgehead atoms. The van der Waals surface area contributed by atoms with Crippen LogP contribution < -0.4 is 0 Å². The summed E-state index contributed by atoms with van der Waals surface area (Å²) in [7, 11) is 0. The Kier molecular flexibility index (Phi) is 3.99. The Balaban J connectivity index is 1.46. The van der Waals surface area contributed by atoms with Crippen LogP contribution in [0.2, 0.25) is 0 Å². The second-order valence-electron chi connectivity index (χ2n) is 6.55. The van der Waals surface area contributed by atoms with Crippen molar-refractivity contribution in [1.82, 2.24) is 25.1 Å². The van der Waals surface area contributed by atoms with E-state index in [2.05, 4.69) is 37.2 Å². The number of aromatic nitrogens is 4. The lowest BCUT2D eigenvalue weighted by Crippen LogP contribution is -2.34. The predicted molar refractivity (Wildman–Crippen MR) is 86.9 cm³/mol. The Morgan fingerprint density at radius 2 is 2.12 bits per heavy atom. The van der Waals surface area contributed by atoms with Crippen LogP contribution in [0.15, 0.2) is 30.6 Å². The van der Waals surface area contributed by atoms with Gasteiger partial charge < -0.3 is 4.98 Å². The van der Waals surface area contributed by atoms with Gasteiger partial charge in [-0.2, -0.15) is 18.3 Å². The van der Waals surface area contributed by atoms with Gasteiger partial charge in [0.2, 0.25) is 0 Å². The van der Waals surface area contributed by atoms with Gasteiger partial charge in [0.1, 0.15) is 11.5 Å². The molecule has 0 aliphatic carbocycles. The van der Waals surface area contributed by atoms with E-state index in [1.807, 2.05) is 6.07 Å². The number of aromatic amines is 2. The van der Waals surface area contributed by atoms with Crippen LogP contribution in [0.3, 0.4) is 0 Å². The van der Waals surface area contributed by atoms with Gasteiger partial charge in [0.05, 0.1) is 17.9 Å². The molecule has 3 heterocycles. The van der Waals surface area contributed by atoms with E-state index in [-0.39, 0.29) is 5.92 Å². The van der Waals surface area contributed by atoms with Gasteiger partial charge in [-0.05, 0) is 31.0 Å². The number of hydrogen-bond donors (Lipinski definition) is 2. The first kappa shape index (κ1) is 16.1.